The number of anilines is 1. The van der Waals surface area contributed by atoms with Crippen molar-refractivity contribution in [3.8, 4) is 5.75 Å². The standard InChI is InChI=1S/C19H25N3O4/c23-17(20-9-8-18(24)22-10-1-2-11-22)13-26-16-5-3-4-15(12-16)21-19(25)14-6-7-14/h3-5,12,14H,1-2,6-11,13H2,(H,20,23)(H,21,25). The second kappa shape index (κ2) is 8.69. The highest BCUT2D eigenvalue weighted by Crippen LogP contribution is 2.30. The van der Waals surface area contributed by atoms with Crippen LogP contribution in [0.5, 0.6) is 5.75 Å². The normalized spacial score (nSPS) is 16.2. The van der Waals surface area contributed by atoms with Gasteiger partial charge in [0.2, 0.25) is 11.8 Å². The molecule has 1 saturated carbocycles. The number of hydrogen-bond acceptors (Lipinski definition) is 4. The predicted octanol–water partition coefficient (Wildman–Crippen LogP) is 1.54. The van der Waals surface area contributed by atoms with Crippen molar-refractivity contribution in [1.82, 2.24) is 10.2 Å². The summed E-state index contributed by atoms with van der Waals surface area (Å²) in [5, 5.41) is 5.54. The third-order valence-electron chi connectivity index (χ3n) is 4.54. The second-order valence-electron chi connectivity index (χ2n) is 6.77. The number of hydrogen-bond donors (Lipinski definition) is 2. The molecule has 0 aromatic heterocycles. The van der Waals surface area contributed by atoms with Crippen LogP contribution in [-0.4, -0.2) is 48.9 Å². The zero-order valence-corrected chi connectivity index (χ0v) is 14.8. The summed E-state index contributed by atoms with van der Waals surface area (Å²) in [5.41, 5.74) is 0.663. The van der Waals surface area contributed by atoms with E-state index in [1.165, 1.54) is 0 Å². The van der Waals surface area contributed by atoms with Crippen LogP contribution < -0.4 is 15.4 Å². The summed E-state index contributed by atoms with van der Waals surface area (Å²) in [4.78, 5) is 37.4. The van der Waals surface area contributed by atoms with Crippen molar-refractivity contribution in [3.63, 3.8) is 0 Å². The van der Waals surface area contributed by atoms with Gasteiger partial charge in [0.25, 0.3) is 5.91 Å². The third kappa shape index (κ3) is 5.47. The summed E-state index contributed by atoms with van der Waals surface area (Å²) in [6.45, 7) is 1.83. The fourth-order valence-corrected chi connectivity index (χ4v) is 2.89. The molecule has 7 heteroatoms. The van der Waals surface area contributed by atoms with Crippen molar-refractivity contribution in [2.45, 2.75) is 32.1 Å². The fourth-order valence-electron chi connectivity index (χ4n) is 2.89. The monoisotopic (exact) mass is 359 g/mol. The number of nitrogens with one attached hydrogen (secondary N) is 2. The van der Waals surface area contributed by atoms with Gasteiger partial charge in [0, 0.05) is 43.7 Å². The van der Waals surface area contributed by atoms with Gasteiger partial charge < -0.3 is 20.3 Å². The molecule has 3 amide bonds. The topological polar surface area (TPSA) is 87.7 Å². The van der Waals surface area contributed by atoms with Crippen molar-refractivity contribution in [2.75, 3.05) is 31.6 Å². The summed E-state index contributed by atoms with van der Waals surface area (Å²) in [6, 6.07) is 6.99. The van der Waals surface area contributed by atoms with E-state index in [4.69, 9.17) is 4.74 Å². The van der Waals surface area contributed by atoms with Crippen LogP contribution >= 0.6 is 0 Å². The Labute approximate surface area is 153 Å². The van der Waals surface area contributed by atoms with Crippen molar-refractivity contribution in [1.29, 1.82) is 0 Å². The van der Waals surface area contributed by atoms with Crippen molar-refractivity contribution < 1.29 is 19.1 Å². The fraction of sp³-hybridized carbons (Fsp3) is 0.526. The van der Waals surface area contributed by atoms with E-state index in [1.807, 2.05) is 4.90 Å². The van der Waals surface area contributed by atoms with Gasteiger partial charge in [0.15, 0.2) is 6.61 Å². The molecule has 2 fully saturated rings. The molecule has 0 bridgehead atoms. The Morgan fingerprint density at radius 1 is 1.15 bits per heavy atom. The van der Waals surface area contributed by atoms with E-state index in [-0.39, 0.29) is 30.2 Å². The van der Waals surface area contributed by atoms with Crippen LogP contribution in [0.2, 0.25) is 0 Å². The van der Waals surface area contributed by atoms with Crippen LogP contribution in [0.25, 0.3) is 0 Å². The highest BCUT2D eigenvalue weighted by Gasteiger charge is 2.29. The van der Waals surface area contributed by atoms with Gasteiger partial charge in [-0.05, 0) is 37.8 Å². The van der Waals surface area contributed by atoms with Crippen LogP contribution in [0.4, 0.5) is 5.69 Å². The zero-order chi connectivity index (χ0) is 18.4. The first-order valence-electron chi connectivity index (χ1n) is 9.20. The maximum absolute atomic E-state index is 11.9. The second-order valence-corrected chi connectivity index (χ2v) is 6.77. The van der Waals surface area contributed by atoms with Gasteiger partial charge in [-0.15, -0.1) is 0 Å². The van der Waals surface area contributed by atoms with Gasteiger partial charge in [-0.25, -0.2) is 0 Å². The summed E-state index contributed by atoms with van der Waals surface area (Å²) >= 11 is 0. The zero-order valence-electron chi connectivity index (χ0n) is 14.8. The van der Waals surface area contributed by atoms with Crippen LogP contribution in [0, 0.1) is 5.92 Å². The van der Waals surface area contributed by atoms with Crippen LogP contribution in [0.3, 0.4) is 0 Å². The highest BCUT2D eigenvalue weighted by atomic mass is 16.5. The van der Waals surface area contributed by atoms with Crippen molar-refractivity contribution in [3.05, 3.63) is 24.3 Å². The van der Waals surface area contributed by atoms with E-state index in [0.29, 0.717) is 24.4 Å². The Hall–Kier alpha value is -2.57. The first kappa shape index (κ1) is 18.2. The van der Waals surface area contributed by atoms with Crippen LogP contribution in [-0.2, 0) is 14.4 Å². The molecule has 26 heavy (non-hydrogen) atoms. The van der Waals surface area contributed by atoms with Crippen LogP contribution in [0.15, 0.2) is 24.3 Å². The number of carbonyl (C=O) groups is 3. The Morgan fingerprint density at radius 3 is 2.65 bits per heavy atom. The summed E-state index contributed by atoms with van der Waals surface area (Å²) in [5.74, 6) is 0.493. The molecule has 140 valence electrons. The average molecular weight is 359 g/mol. The van der Waals surface area contributed by atoms with Gasteiger partial charge in [-0.1, -0.05) is 6.07 Å². The summed E-state index contributed by atoms with van der Waals surface area (Å²) in [6.07, 6.45) is 4.33. The lowest BCUT2D eigenvalue weighted by Crippen LogP contribution is -2.34. The molecule has 1 aliphatic heterocycles. The molecule has 1 aromatic rings. The molecule has 2 aliphatic rings. The number of carbonyl (C=O) groups excluding carboxylic acids is 3. The number of benzene rings is 1. The van der Waals surface area contributed by atoms with Gasteiger partial charge in [-0.2, -0.15) is 0 Å². The molecule has 1 heterocycles. The van der Waals surface area contributed by atoms with Gasteiger partial charge in [-0.3, -0.25) is 14.4 Å². The molecule has 0 unspecified atom stereocenters. The quantitative estimate of drug-likeness (QED) is 0.737. The minimum Gasteiger partial charge on any atom is -0.484 e. The van der Waals surface area contributed by atoms with E-state index in [9.17, 15) is 14.4 Å². The predicted molar refractivity (Wildman–Crippen MR) is 96.7 cm³/mol. The molecule has 7 nitrogen and oxygen atoms in total. The average Bonchev–Trinajstić information content (AvgIpc) is 3.35. The molecule has 2 N–H and O–H groups in total. The lowest BCUT2D eigenvalue weighted by molar-refractivity contribution is -0.130. The van der Waals surface area contributed by atoms with E-state index < -0.39 is 0 Å². The van der Waals surface area contributed by atoms with Crippen molar-refractivity contribution in [2.24, 2.45) is 5.92 Å². The maximum atomic E-state index is 11.9. The Bertz CT molecular complexity index is 667. The smallest absolute Gasteiger partial charge is 0.257 e. The molecule has 0 atom stereocenters. The number of rotatable bonds is 8. The Morgan fingerprint density at radius 2 is 1.92 bits per heavy atom. The molecular weight excluding hydrogens is 334 g/mol. The molecule has 0 radical (unpaired) electrons. The van der Waals surface area contributed by atoms with Crippen molar-refractivity contribution >= 4 is 23.4 Å². The lowest BCUT2D eigenvalue weighted by atomic mass is 10.3. The van der Waals surface area contributed by atoms with Gasteiger partial charge >= 0.3 is 0 Å². The Kier molecular flexibility index (Phi) is 6.09. The van der Waals surface area contributed by atoms with E-state index in [2.05, 4.69) is 10.6 Å². The van der Waals surface area contributed by atoms with E-state index in [1.54, 1.807) is 24.3 Å². The SMILES string of the molecule is O=C(COc1cccc(NC(=O)C2CC2)c1)NCCC(=O)N1CCCC1. The number of nitrogens with zero attached hydrogens (tertiary/aromatic N) is 1. The number of ether oxygens (including phenoxy) is 1. The van der Waals surface area contributed by atoms with E-state index in [0.717, 1.165) is 38.8 Å². The minimum atomic E-state index is -0.272. The van der Waals surface area contributed by atoms with Crippen LogP contribution in [0.1, 0.15) is 32.1 Å². The minimum absolute atomic E-state index is 0.0302. The van der Waals surface area contributed by atoms with E-state index >= 15 is 0 Å². The lowest BCUT2D eigenvalue weighted by Gasteiger charge is -2.15. The molecular formula is C19H25N3O4. The first-order chi connectivity index (χ1) is 12.6. The molecule has 1 aliphatic carbocycles. The Balaban J connectivity index is 1.35. The molecule has 1 saturated heterocycles. The largest absolute Gasteiger partial charge is 0.484 e. The molecule has 1 aromatic carbocycles. The maximum Gasteiger partial charge on any atom is 0.257 e. The highest BCUT2D eigenvalue weighted by molar-refractivity contribution is 5.94. The summed E-state index contributed by atoms with van der Waals surface area (Å²) in [7, 11) is 0. The number of amides is 3. The van der Waals surface area contributed by atoms with Gasteiger partial charge in [0.05, 0.1) is 0 Å². The molecule has 0 spiro atoms. The summed E-state index contributed by atoms with van der Waals surface area (Å²) < 4.78 is 5.46. The molecule has 3 rings (SSSR count). The van der Waals surface area contributed by atoms with Gasteiger partial charge in [0.1, 0.15) is 5.75 Å². The number of likely N-dealkylation sites (tertiary alicyclic amines) is 1. The first-order valence-corrected chi connectivity index (χ1v) is 9.20. The third-order valence-corrected chi connectivity index (χ3v) is 4.54.